The molecule has 0 atom stereocenters. The van der Waals surface area contributed by atoms with Crippen molar-refractivity contribution in [1.82, 2.24) is 10.3 Å². The van der Waals surface area contributed by atoms with Crippen molar-refractivity contribution in [2.24, 2.45) is 0 Å². The van der Waals surface area contributed by atoms with Crippen molar-refractivity contribution in [3.63, 3.8) is 0 Å². The maximum atomic E-state index is 14.0. The van der Waals surface area contributed by atoms with E-state index in [-0.39, 0.29) is 5.82 Å². The van der Waals surface area contributed by atoms with Crippen molar-refractivity contribution in [1.29, 1.82) is 0 Å². The Kier molecular flexibility index (Phi) is 5.14. The van der Waals surface area contributed by atoms with Crippen molar-refractivity contribution in [2.75, 3.05) is 39.3 Å². The summed E-state index contributed by atoms with van der Waals surface area (Å²) in [6.07, 6.45) is 1.62. The molecular formula is C11H18FN3O. The molecule has 90 valence electrons. The van der Waals surface area contributed by atoms with Crippen LogP contribution in [0.4, 0.5) is 10.2 Å². The lowest BCUT2D eigenvalue weighted by Crippen LogP contribution is -2.24. The monoisotopic (exact) mass is 227 g/mol. The average Bonchev–Trinajstić information content (AvgIpc) is 2.29. The van der Waals surface area contributed by atoms with Crippen LogP contribution in [0.1, 0.15) is 5.56 Å². The number of methoxy groups -OCH3 is 1. The normalized spacial score (nSPS) is 10.5. The smallest absolute Gasteiger partial charge is 0.170 e. The molecule has 1 heterocycles. The van der Waals surface area contributed by atoms with Crippen LogP contribution < -0.4 is 10.2 Å². The van der Waals surface area contributed by atoms with Crippen LogP contribution in [0.2, 0.25) is 0 Å². The Morgan fingerprint density at radius 3 is 2.94 bits per heavy atom. The van der Waals surface area contributed by atoms with Crippen LogP contribution in [0.3, 0.4) is 0 Å². The third-order valence-electron chi connectivity index (χ3n) is 2.31. The molecule has 4 nitrogen and oxygen atoms in total. The van der Waals surface area contributed by atoms with Gasteiger partial charge in [0.1, 0.15) is 0 Å². The van der Waals surface area contributed by atoms with Crippen LogP contribution in [-0.4, -0.2) is 39.3 Å². The topological polar surface area (TPSA) is 37.4 Å². The van der Waals surface area contributed by atoms with Gasteiger partial charge in [0.25, 0.3) is 0 Å². The molecule has 0 aliphatic carbocycles. The van der Waals surface area contributed by atoms with Crippen molar-refractivity contribution < 1.29 is 9.13 Å². The minimum Gasteiger partial charge on any atom is -0.383 e. The highest BCUT2D eigenvalue weighted by molar-refractivity contribution is 5.42. The van der Waals surface area contributed by atoms with Gasteiger partial charge in [0.2, 0.25) is 0 Å². The Hall–Kier alpha value is -1.20. The molecule has 0 amide bonds. The number of hydrogen-bond donors (Lipinski definition) is 1. The minimum atomic E-state index is -0.268. The molecule has 0 unspecified atom stereocenters. The van der Waals surface area contributed by atoms with Gasteiger partial charge in [-0.3, -0.25) is 0 Å². The van der Waals surface area contributed by atoms with Gasteiger partial charge in [0, 0.05) is 39.0 Å². The predicted octanol–water partition coefficient (Wildman–Crippen LogP) is 1.02. The van der Waals surface area contributed by atoms with E-state index >= 15 is 0 Å². The van der Waals surface area contributed by atoms with Gasteiger partial charge in [-0.15, -0.1) is 0 Å². The van der Waals surface area contributed by atoms with E-state index in [1.165, 1.54) is 0 Å². The summed E-state index contributed by atoms with van der Waals surface area (Å²) in [5.41, 5.74) is 0.622. The van der Waals surface area contributed by atoms with Gasteiger partial charge in [-0.05, 0) is 13.1 Å². The van der Waals surface area contributed by atoms with Crippen molar-refractivity contribution in [3.05, 3.63) is 23.6 Å². The molecular weight excluding hydrogens is 209 g/mol. The molecule has 0 aliphatic heterocycles. The second kappa shape index (κ2) is 6.40. The van der Waals surface area contributed by atoms with Gasteiger partial charge in [0.15, 0.2) is 11.6 Å². The molecule has 0 radical (unpaired) electrons. The summed E-state index contributed by atoms with van der Waals surface area (Å²) in [7, 11) is 5.21. The second-order valence-corrected chi connectivity index (χ2v) is 3.55. The van der Waals surface area contributed by atoms with Crippen molar-refractivity contribution in [3.8, 4) is 0 Å². The van der Waals surface area contributed by atoms with Crippen molar-refractivity contribution in [2.45, 2.75) is 6.54 Å². The van der Waals surface area contributed by atoms with Crippen LogP contribution in [0.15, 0.2) is 12.3 Å². The average molecular weight is 227 g/mol. The largest absolute Gasteiger partial charge is 0.383 e. The van der Waals surface area contributed by atoms with E-state index < -0.39 is 0 Å². The molecule has 0 aliphatic rings. The van der Waals surface area contributed by atoms with E-state index in [4.69, 9.17) is 4.74 Å². The first-order chi connectivity index (χ1) is 7.70. The highest BCUT2D eigenvalue weighted by Gasteiger charge is 2.12. The van der Waals surface area contributed by atoms with Gasteiger partial charge in [-0.1, -0.05) is 0 Å². The summed E-state index contributed by atoms with van der Waals surface area (Å²) in [6, 6.07) is 1.68. The first-order valence-corrected chi connectivity index (χ1v) is 5.18. The number of rotatable bonds is 6. The zero-order chi connectivity index (χ0) is 12.0. The standard InChI is InChI=1S/C11H18FN3O/c1-13-8-9-4-5-14-11(10(9)12)15(2)6-7-16-3/h4-5,13H,6-8H2,1-3H3. The number of pyridine rings is 1. The number of aromatic nitrogens is 1. The molecule has 0 aromatic carbocycles. The van der Waals surface area contributed by atoms with E-state index in [1.54, 1.807) is 38.4 Å². The number of hydrogen-bond acceptors (Lipinski definition) is 4. The quantitative estimate of drug-likeness (QED) is 0.787. The summed E-state index contributed by atoms with van der Waals surface area (Å²) in [4.78, 5) is 5.79. The van der Waals surface area contributed by atoms with Gasteiger partial charge in [-0.2, -0.15) is 0 Å². The SMILES string of the molecule is CNCc1ccnc(N(C)CCOC)c1F. The number of anilines is 1. The number of nitrogens with one attached hydrogen (secondary N) is 1. The Morgan fingerprint density at radius 1 is 1.56 bits per heavy atom. The first kappa shape index (κ1) is 12.9. The zero-order valence-corrected chi connectivity index (χ0v) is 9.96. The fraction of sp³-hybridized carbons (Fsp3) is 0.545. The second-order valence-electron chi connectivity index (χ2n) is 3.55. The fourth-order valence-electron chi connectivity index (χ4n) is 1.40. The summed E-state index contributed by atoms with van der Waals surface area (Å²) < 4.78 is 18.9. The Morgan fingerprint density at radius 2 is 2.31 bits per heavy atom. The molecule has 0 spiro atoms. The van der Waals surface area contributed by atoms with E-state index in [1.807, 2.05) is 0 Å². The molecule has 1 rings (SSSR count). The van der Waals surface area contributed by atoms with Crippen LogP contribution >= 0.6 is 0 Å². The lowest BCUT2D eigenvalue weighted by Gasteiger charge is -2.19. The van der Waals surface area contributed by atoms with Crippen LogP contribution in [0, 0.1) is 5.82 Å². The first-order valence-electron chi connectivity index (χ1n) is 5.18. The fourth-order valence-corrected chi connectivity index (χ4v) is 1.40. The molecule has 0 saturated carbocycles. The molecule has 0 fully saturated rings. The van der Waals surface area contributed by atoms with Gasteiger partial charge in [-0.25, -0.2) is 9.37 Å². The van der Waals surface area contributed by atoms with Gasteiger partial charge in [0.05, 0.1) is 6.61 Å². The lowest BCUT2D eigenvalue weighted by atomic mass is 10.2. The molecule has 1 N–H and O–H groups in total. The van der Waals surface area contributed by atoms with Crippen molar-refractivity contribution >= 4 is 5.82 Å². The van der Waals surface area contributed by atoms with E-state index in [0.717, 1.165) is 0 Å². The lowest BCUT2D eigenvalue weighted by molar-refractivity contribution is 0.206. The van der Waals surface area contributed by atoms with Crippen LogP contribution in [0.5, 0.6) is 0 Å². The molecule has 1 aromatic rings. The zero-order valence-electron chi connectivity index (χ0n) is 9.96. The van der Waals surface area contributed by atoms with Gasteiger partial charge >= 0.3 is 0 Å². The molecule has 5 heteroatoms. The number of nitrogens with zero attached hydrogens (tertiary/aromatic N) is 2. The summed E-state index contributed by atoms with van der Waals surface area (Å²) >= 11 is 0. The number of ether oxygens (including phenoxy) is 1. The highest BCUT2D eigenvalue weighted by Crippen LogP contribution is 2.17. The summed E-state index contributed by atoms with van der Waals surface area (Å²) in [6.45, 7) is 1.66. The molecule has 0 bridgehead atoms. The van der Waals surface area contributed by atoms with E-state index in [2.05, 4.69) is 10.3 Å². The highest BCUT2D eigenvalue weighted by atomic mass is 19.1. The third-order valence-corrected chi connectivity index (χ3v) is 2.31. The minimum absolute atomic E-state index is 0.268. The predicted molar refractivity (Wildman–Crippen MR) is 62.1 cm³/mol. The molecule has 1 aromatic heterocycles. The Labute approximate surface area is 95.4 Å². The third kappa shape index (κ3) is 3.15. The van der Waals surface area contributed by atoms with Crippen LogP contribution in [-0.2, 0) is 11.3 Å². The van der Waals surface area contributed by atoms with E-state index in [9.17, 15) is 4.39 Å². The summed E-state index contributed by atoms with van der Waals surface area (Å²) in [5.74, 6) is 0.0975. The maximum Gasteiger partial charge on any atom is 0.170 e. The maximum absolute atomic E-state index is 14.0. The van der Waals surface area contributed by atoms with Crippen LogP contribution in [0.25, 0.3) is 0 Å². The molecule has 16 heavy (non-hydrogen) atoms. The van der Waals surface area contributed by atoms with E-state index in [0.29, 0.717) is 31.1 Å². The Balaban J connectivity index is 2.82. The number of halogens is 1. The molecule has 0 saturated heterocycles. The van der Waals surface area contributed by atoms with Gasteiger partial charge < -0.3 is 15.0 Å². The number of likely N-dealkylation sites (N-methyl/N-ethyl adjacent to an activating group) is 1. The Bertz CT molecular complexity index is 333. The summed E-state index contributed by atoms with van der Waals surface area (Å²) in [5, 5.41) is 2.92.